The fourth-order valence-electron chi connectivity index (χ4n) is 0.895. The Bertz CT molecular complexity index is 341. The molecule has 0 bridgehead atoms. The van der Waals surface area contributed by atoms with E-state index in [0.29, 0.717) is 6.07 Å². The van der Waals surface area contributed by atoms with Crippen LogP contribution in [0.25, 0.3) is 0 Å². The molecular weight excluding hydrogens is 205 g/mol. The molecule has 8 heteroatoms. The predicted octanol–water partition coefficient (Wildman–Crippen LogP) is -0.0807. The first-order valence-corrected chi connectivity index (χ1v) is 3.41. The van der Waals surface area contributed by atoms with Gasteiger partial charge in [0, 0.05) is 11.7 Å². The first-order chi connectivity index (χ1) is 6.32. The van der Waals surface area contributed by atoms with Crippen molar-refractivity contribution < 1.29 is 27.6 Å². The Morgan fingerprint density at radius 1 is 1.29 bits per heavy atom. The summed E-state index contributed by atoms with van der Waals surface area (Å²) >= 11 is 0. The zero-order chi connectivity index (χ0) is 10.9. The summed E-state index contributed by atoms with van der Waals surface area (Å²) in [6.45, 7) is 0. The molecule has 1 rings (SSSR count). The smallest absolute Gasteiger partial charge is 0.423 e. The Hall–Kier alpha value is -1.15. The molecule has 0 aliphatic rings. The summed E-state index contributed by atoms with van der Waals surface area (Å²) in [5.41, 5.74) is -2.32. The molecule has 1 heterocycles. The second-order valence-corrected chi connectivity index (χ2v) is 2.47. The van der Waals surface area contributed by atoms with Crippen LogP contribution in [0.3, 0.4) is 0 Å². The van der Waals surface area contributed by atoms with E-state index in [1.807, 2.05) is 0 Å². The molecule has 0 unspecified atom stereocenters. The highest BCUT2D eigenvalue weighted by atomic mass is 19.4. The van der Waals surface area contributed by atoms with E-state index < -0.39 is 30.3 Å². The second-order valence-electron chi connectivity index (χ2n) is 2.47. The normalized spacial score (nSPS) is 11.6. The zero-order valence-electron chi connectivity index (χ0n) is 6.59. The van der Waals surface area contributed by atoms with Gasteiger partial charge in [-0.3, -0.25) is 0 Å². The van der Waals surface area contributed by atoms with Crippen molar-refractivity contribution in [3.8, 4) is 0 Å². The second kappa shape index (κ2) is 3.54. The number of halogens is 4. The summed E-state index contributed by atoms with van der Waals surface area (Å²) in [6, 6.07) is 0.327. The van der Waals surface area contributed by atoms with Crippen LogP contribution in [0.5, 0.6) is 0 Å². The molecule has 0 amide bonds. The van der Waals surface area contributed by atoms with Crippen molar-refractivity contribution in [1.82, 2.24) is 4.98 Å². The fourth-order valence-corrected chi connectivity index (χ4v) is 0.895. The molecule has 0 spiro atoms. The van der Waals surface area contributed by atoms with Gasteiger partial charge in [0.05, 0.1) is 5.56 Å². The first kappa shape index (κ1) is 10.9. The van der Waals surface area contributed by atoms with Crippen LogP contribution in [0.2, 0.25) is 0 Å². The van der Waals surface area contributed by atoms with Crippen LogP contribution in [0.15, 0.2) is 12.3 Å². The molecule has 0 radical (unpaired) electrons. The minimum absolute atomic E-state index is 0.212. The number of nitrogens with zero attached hydrogens (tertiary/aromatic N) is 1. The Morgan fingerprint density at radius 3 is 2.29 bits per heavy atom. The van der Waals surface area contributed by atoms with Crippen LogP contribution in [0, 0.1) is 5.95 Å². The number of alkyl halides is 3. The van der Waals surface area contributed by atoms with Crippen molar-refractivity contribution in [3.63, 3.8) is 0 Å². The van der Waals surface area contributed by atoms with Crippen LogP contribution < -0.4 is 5.46 Å². The third-order valence-electron chi connectivity index (χ3n) is 1.49. The lowest BCUT2D eigenvalue weighted by Gasteiger charge is -2.11. The fraction of sp³-hybridized carbons (Fsp3) is 0.167. The zero-order valence-corrected chi connectivity index (χ0v) is 6.59. The summed E-state index contributed by atoms with van der Waals surface area (Å²) in [7, 11) is -2.39. The maximum atomic E-state index is 12.4. The van der Waals surface area contributed by atoms with Crippen molar-refractivity contribution in [2.75, 3.05) is 0 Å². The summed E-state index contributed by atoms with van der Waals surface area (Å²) in [5, 5.41) is 17.1. The van der Waals surface area contributed by atoms with Gasteiger partial charge in [-0.1, -0.05) is 0 Å². The standard InChI is InChI=1S/C6H4BF4NO2/c8-5-1-4(7(13)14)3(2-12-5)6(9,10)11/h1-2,13-14H. The van der Waals surface area contributed by atoms with Gasteiger partial charge in [0.15, 0.2) is 0 Å². The molecule has 1 aromatic heterocycles. The van der Waals surface area contributed by atoms with Gasteiger partial charge >= 0.3 is 13.3 Å². The molecule has 14 heavy (non-hydrogen) atoms. The highest BCUT2D eigenvalue weighted by Gasteiger charge is 2.36. The highest BCUT2D eigenvalue weighted by molar-refractivity contribution is 6.59. The van der Waals surface area contributed by atoms with Gasteiger partial charge in [-0.05, 0) is 6.07 Å². The summed E-state index contributed by atoms with van der Waals surface area (Å²) in [4.78, 5) is 2.78. The number of pyridine rings is 1. The maximum absolute atomic E-state index is 12.4. The van der Waals surface area contributed by atoms with Gasteiger partial charge in [0.25, 0.3) is 0 Å². The summed E-state index contributed by atoms with van der Waals surface area (Å²) in [6.07, 6.45) is -4.58. The maximum Gasteiger partial charge on any atom is 0.489 e. The quantitative estimate of drug-likeness (QED) is 0.386. The average molecular weight is 209 g/mol. The molecule has 0 fully saturated rings. The first-order valence-electron chi connectivity index (χ1n) is 3.41. The minimum atomic E-state index is -4.79. The van der Waals surface area contributed by atoms with Gasteiger partial charge in [-0.25, -0.2) is 4.98 Å². The Balaban J connectivity index is 3.29. The molecule has 0 aliphatic heterocycles. The van der Waals surface area contributed by atoms with Crippen molar-refractivity contribution in [3.05, 3.63) is 23.8 Å². The van der Waals surface area contributed by atoms with Crippen LogP contribution in [-0.4, -0.2) is 22.2 Å². The lowest BCUT2D eigenvalue weighted by Crippen LogP contribution is -2.36. The van der Waals surface area contributed by atoms with E-state index in [0.717, 1.165) is 0 Å². The number of aromatic nitrogens is 1. The van der Waals surface area contributed by atoms with Crippen molar-refractivity contribution in [2.45, 2.75) is 6.18 Å². The van der Waals surface area contributed by atoms with Crippen LogP contribution in [0.1, 0.15) is 5.56 Å². The van der Waals surface area contributed by atoms with Crippen LogP contribution in [-0.2, 0) is 6.18 Å². The van der Waals surface area contributed by atoms with Gasteiger partial charge in [-0.2, -0.15) is 17.6 Å². The average Bonchev–Trinajstić information content (AvgIpc) is 2.01. The van der Waals surface area contributed by atoms with E-state index >= 15 is 0 Å². The molecule has 0 saturated carbocycles. The largest absolute Gasteiger partial charge is 0.489 e. The molecule has 0 atom stereocenters. The Labute approximate surface area is 76.2 Å². The van der Waals surface area contributed by atoms with Gasteiger partial charge < -0.3 is 10.0 Å². The highest BCUT2D eigenvalue weighted by Crippen LogP contribution is 2.27. The molecule has 3 nitrogen and oxygen atoms in total. The van der Waals surface area contributed by atoms with Gasteiger partial charge in [0.2, 0.25) is 5.95 Å². The van der Waals surface area contributed by atoms with Crippen LogP contribution in [0.4, 0.5) is 17.6 Å². The Morgan fingerprint density at radius 2 is 1.86 bits per heavy atom. The topological polar surface area (TPSA) is 53.4 Å². The SMILES string of the molecule is OB(O)c1cc(F)ncc1C(F)(F)F. The van der Waals surface area contributed by atoms with Crippen molar-refractivity contribution in [2.24, 2.45) is 0 Å². The molecule has 0 saturated heterocycles. The molecule has 1 aromatic rings. The molecular formula is C6H4BF4NO2. The van der Waals surface area contributed by atoms with E-state index in [2.05, 4.69) is 4.98 Å². The molecule has 0 aromatic carbocycles. The Kier molecular flexibility index (Phi) is 2.77. The number of rotatable bonds is 1. The van der Waals surface area contributed by atoms with E-state index in [1.54, 1.807) is 0 Å². The minimum Gasteiger partial charge on any atom is -0.423 e. The summed E-state index contributed by atoms with van der Waals surface area (Å²) in [5.74, 6) is -1.21. The predicted molar refractivity (Wildman–Crippen MR) is 39.0 cm³/mol. The molecule has 0 aliphatic carbocycles. The third kappa shape index (κ3) is 2.21. The number of hydrogen-bond donors (Lipinski definition) is 2. The lowest BCUT2D eigenvalue weighted by atomic mass is 9.77. The van der Waals surface area contributed by atoms with Gasteiger partial charge in [-0.15, -0.1) is 0 Å². The van der Waals surface area contributed by atoms with E-state index in [1.165, 1.54) is 0 Å². The number of hydrogen-bond acceptors (Lipinski definition) is 3. The lowest BCUT2D eigenvalue weighted by molar-refractivity contribution is -0.137. The summed E-state index contributed by atoms with van der Waals surface area (Å²) < 4.78 is 48.9. The van der Waals surface area contributed by atoms with Crippen molar-refractivity contribution >= 4 is 12.6 Å². The van der Waals surface area contributed by atoms with Crippen LogP contribution >= 0.6 is 0 Å². The third-order valence-corrected chi connectivity index (χ3v) is 1.49. The monoisotopic (exact) mass is 209 g/mol. The van der Waals surface area contributed by atoms with Crippen molar-refractivity contribution in [1.29, 1.82) is 0 Å². The van der Waals surface area contributed by atoms with E-state index in [4.69, 9.17) is 10.0 Å². The molecule has 76 valence electrons. The molecule has 2 N–H and O–H groups in total. The van der Waals surface area contributed by atoms with Gasteiger partial charge in [0.1, 0.15) is 0 Å². The van der Waals surface area contributed by atoms with E-state index in [-0.39, 0.29) is 6.20 Å². The van der Waals surface area contributed by atoms with E-state index in [9.17, 15) is 17.6 Å².